The molecule has 0 radical (unpaired) electrons. The van der Waals surface area contributed by atoms with E-state index in [1.807, 2.05) is 22.6 Å². The molecule has 1 amide bonds. The predicted octanol–water partition coefficient (Wildman–Crippen LogP) is 0.441. The summed E-state index contributed by atoms with van der Waals surface area (Å²) in [7, 11) is 0. The highest BCUT2D eigenvalue weighted by Crippen LogP contribution is 1.81. The summed E-state index contributed by atoms with van der Waals surface area (Å²) in [5.74, 6) is -0.505. The van der Waals surface area contributed by atoms with Gasteiger partial charge in [0.05, 0.1) is 0 Å². The summed E-state index contributed by atoms with van der Waals surface area (Å²) < 4.78 is 1.50. The minimum absolute atomic E-state index is 0.505. The molecule has 0 aromatic carbocycles. The lowest BCUT2D eigenvalue weighted by Gasteiger charge is -1.82. The van der Waals surface area contributed by atoms with Crippen molar-refractivity contribution in [3.05, 3.63) is 10.2 Å². The van der Waals surface area contributed by atoms with Crippen molar-refractivity contribution in [2.24, 2.45) is 0 Å². The molecule has 0 atom stereocenters. The standard InChI is InChI=1S/C3H4INO2/c4-2-1-3(6)5-7/h1-2,7H,(H,5,6)/b2-1+. The van der Waals surface area contributed by atoms with Crippen LogP contribution in [0.3, 0.4) is 0 Å². The minimum Gasteiger partial charge on any atom is -0.288 e. The summed E-state index contributed by atoms with van der Waals surface area (Å²) in [5, 5.41) is 7.81. The quantitative estimate of drug-likeness (QED) is 0.287. The van der Waals surface area contributed by atoms with Gasteiger partial charge in [0.25, 0.3) is 5.91 Å². The third-order valence-electron chi connectivity index (χ3n) is 0.325. The molecule has 0 aromatic heterocycles. The molecule has 3 nitrogen and oxygen atoms in total. The van der Waals surface area contributed by atoms with Crippen LogP contribution in [0.4, 0.5) is 0 Å². The zero-order chi connectivity index (χ0) is 5.70. The molecule has 0 aromatic rings. The van der Waals surface area contributed by atoms with Crippen LogP contribution in [0.5, 0.6) is 0 Å². The Hall–Kier alpha value is -0.100. The lowest BCUT2D eigenvalue weighted by Crippen LogP contribution is -2.14. The third kappa shape index (κ3) is 3.74. The van der Waals surface area contributed by atoms with Gasteiger partial charge in [-0.15, -0.1) is 0 Å². The van der Waals surface area contributed by atoms with E-state index in [2.05, 4.69) is 0 Å². The van der Waals surface area contributed by atoms with Crippen molar-refractivity contribution in [1.29, 1.82) is 0 Å². The van der Waals surface area contributed by atoms with Crippen LogP contribution in [-0.4, -0.2) is 11.1 Å². The van der Waals surface area contributed by atoms with E-state index in [9.17, 15) is 4.79 Å². The molecule has 0 bridgehead atoms. The second kappa shape index (κ2) is 4.07. The second-order valence-electron chi connectivity index (χ2n) is 0.769. The zero-order valence-electron chi connectivity index (χ0n) is 3.39. The monoisotopic (exact) mass is 213 g/mol. The van der Waals surface area contributed by atoms with Crippen LogP contribution in [0.15, 0.2) is 10.2 Å². The molecule has 40 valence electrons. The average molecular weight is 213 g/mol. The molecule has 0 aliphatic carbocycles. The maximum Gasteiger partial charge on any atom is 0.267 e. The summed E-state index contributed by atoms with van der Waals surface area (Å²) in [6, 6.07) is 0. The number of amides is 1. The molecule has 7 heavy (non-hydrogen) atoms. The summed E-state index contributed by atoms with van der Waals surface area (Å²) in [6.45, 7) is 0. The number of hydrogen-bond donors (Lipinski definition) is 2. The molecule has 0 aliphatic rings. The molecule has 2 N–H and O–H groups in total. The molecule has 4 heteroatoms. The van der Waals surface area contributed by atoms with Crippen LogP contribution in [0, 0.1) is 0 Å². The Balaban J connectivity index is 3.37. The molecule has 0 saturated heterocycles. The Morgan fingerprint density at radius 2 is 2.43 bits per heavy atom. The van der Waals surface area contributed by atoms with E-state index in [0.29, 0.717) is 0 Å². The van der Waals surface area contributed by atoms with Crippen molar-refractivity contribution in [3.8, 4) is 0 Å². The van der Waals surface area contributed by atoms with E-state index in [1.54, 1.807) is 0 Å². The highest BCUT2D eigenvalue weighted by Gasteiger charge is 1.83. The Kier molecular flexibility index (Phi) is 4.01. The number of halogens is 1. The first-order valence-corrected chi connectivity index (χ1v) is 2.76. The molecule has 0 spiro atoms. The van der Waals surface area contributed by atoms with Crippen molar-refractivity contribution in [2.75, 3.05) is 0 Å². The van der Waals surface area contributed by atoms with Gasteiger partial charge < -0.3 is 0 Å². The van der Waals surface area contributed by atoms with Crippen LogP contribution in [0.1, 0.15) is 0 Å². The van der Waals surface area contributed by atoms with Gasteiger partial charge in [0, 0.05) is 6.08 Å². The summed E-state index contributed by atoms with van der Waals surface area (Å²) in [5.41, 5.74) is 1.44. The molecular formula is C3H4INO2. The largest absolute Gasteiger partial charge is 0.288 e. The lowest BCUT2D eigenvalue weighted by atomic mass is 10.6. The van der Waals surface area contributed by atoms with Crippen LogP contribution in [0.25, 0.3) is 0 Å². The van der Waals surface area contributed by atoms with Crippen LogP contribution >= 0.6 is 22.6 Å². The number of hydrogen-bond acceptors (Lipinski definition) is 2. The van der Waals surface area contributed by atoms with Gasteiger partial charge >= 0.3 is 0 Å². The van der Waals surface area contributed by atoms with Crippen molar-refractivity contribution < 1.29 is 10.0 Å². The van der Waals surface area contributed by atoms with Gasteiger partial charge in [-0.05, 0) is 4.08 Å². The SMILES string of the molecule is O=C(/C=C/I)NO. The van der Waals surface area contributed by atoms with Gasteiger partial charge in [-0.2, -0.15) is 0 Å². The van der Waals surface area contributed by atoms with Crippen molar-refractivity contribution in [1.82, 2.24) is 5.48 Å². The molecule has 0 aliphatic heterocycles. The van der Waals surface area contributed by atoms with Gasteiger partial charge in [-0.1, -0.05) is 22.6 Å². The predicted molar refractivity (Wildman–Crippen MR) is 33.1 cm³/mol. The number of carbonyl (C=O) groups is 1. The number of carbonyl (C=O) groups excluding carboxylic acids is 1. The molecule has 0 heterocycles. The van der Waals surface area contributed by atoms with Crippen molar-refractivity contribution in [2.45, 2.75) is 0 Å². The Labute approximate surface area is 54.5 Å². The Bertz CT molecular complexity index is 90.9. The van der Waals surface area contributed by atoms with E-state index in [-0.39, 0.29) is 0 Å². The van der Waals surface area contributed by atoms with Crippen molar-refractivity contribution >= 4 is 28.5 Å². The van der Waals surface area contributed by atoms with Gasteiger partial charge in [-0.25, -0.2) is 5.48 Å². The second-order valence-corrected chi connectivity index (χ2v) is 1.49. The molecule has 0 rings (SSSR count). The van der Waals surface area contributed by atoms with Crippen LogP contribution in [-0.2, 0) is 4.79 Å². The maximum absolute atomic E-state index is 9.96. The Morgan fingerprint density at radius 1 is 1.86 bits per heavy atom. The summed E-state index contributed by atoms with van der Waals surface area (Å²) in [4.78, 5) is 9.96. The first-order valence-electron chi connectivity index (χ1n) is 1.52. The topological polar surface area (TPSA) is 49.3 Å². The lowest BCUT2D eigenvalue weighted by molar-refractivity contribution is -0.124. The number of rotatable bonds is 1. The summed E-state index contributed by atoms with van der Waals surface area (Å²) in [6.07, 6.45) is 1.21. The van der Waals surface area contributed by atoms with Gasteiger partial charge in [-0.3, -0.25) is 10.0 Å². The molecule has 0 unspecified atom stereocenters. The first kappa shape index (κ1) is 6.90. The van der Waals surface area contributed by atoms with Gasteiger partial charge in [0.1, 0.15) is 0 Å². The highest BCUT2D eigenvalue weighted by molar-refractivity contribution is 14.1. The third-order valence-corrected chi connectivity index (χ3v) is 0.684. The zero-order valence-corrected chi connectivity index (χ0v) is 5.55. The molecule has 0 fully saturated rings. The first-order chi connectivity index (χ1) is 3.31. The van der Waals surface area contributed by atoms with Gasteiger partial charge in [0.2, 0.25) is 0 Å². The molecule has 0 saturated carbocycles. The van der Waals surface area contributed by atoms with E-state index in [0.717, 1.165) is 0 Å². The van der Waals surface area contributed by atoms with Crippen LogP contribution < -0.4 is 5.48 Å². The number of nitrogens with one attached hydrogen (secondary N) is 1. The van der Waals surface area contributed by atoms with E-state index < -0.39 is 5.91 Å². The fourth-order valence-electron chi connectivity index (χ4n) is 0.0945. The van der Waals surface area contributed by atoms with E-state index in [1.165, 1.54) is 15.6 Å². The maximum atomic E-state index is 9.96. The minimum atomic E-state index is -0.505. The fourth-order valence-corrected chi connectivity index (χ4v) is 0.421. The number of hydroxylamine groups is 1. The molecular weight excluding hydrogens is 209 g/mol. The smallest absolute Gasteiger partial charge is 0.267 e. The fraction of sp³-hybridized carbons (Fsp3) is 0. The van der Waals surface area contributed by atoms with E-state index >= 15 is 0 Å². The van der Waals surface area contributed by atoms with Gasteiger partial charge in [0.15, 0.2) is 0 Å². The summed E-state index contributed by atoms with van der Waals surface area (Å²) >= 11 is 1.87. The van der Waals surface area contributed by atoms with Crippen LogP contribution in [0.2, 0.25) is 0 Å². The van der Waals surface area contributed by atoms with Crippen molar-refractivity contribution in [3.63, 3.8) is 0 Å². The average Bonchev–Trinajstić information content (AvgIpc) is 1.68. The van der Waals surface area contributed by atoms with E-state index in [4.69, 9.17) is 5.21 Å². The normalized spacial score (nSPS) is 9.43. The highest BCUT2D eigenvalue weighted by atomic mass is 127. The Morgan fingerprint density at radius 3 is 2.57 bits per heavy atom.